The number of nitrogens with zero attached hydrogens (tertiary/aromatic N) is 3. The van der Waals surface area contributed by atoms with Gasteiger partial charge in [0.25, 0.3) is 5.56 Å². The van der Waals surface area contributed by atoms with Crippen molar-refractivity contribution in [1.29, 1.82) is 0 Å². The highest BCUT2D eigenvalue weighted by Gasteiger charge is 2.17. The summed E-state index contributed by atoms with van der Waals surface area (Å²) in [5.74, 6) is 0.249. The zero-order valence-corrected chi connectivity index (χ0v) is 15.5. The summed E-state index contributed by atoms with van der Waals surface area (Å²) >= 11 is 1.44. The van der Waals surface area contributed by atoms with Crippen LogP contribution in [0.2, 0.25) is 0 Å². The Kier molecular flexibility index (Phi) is 5.24. The maximum absolute atomic E-state index is 13.1. The first-order valence-corrected chi connectivity index (χ1v) is 8.86. The summed E-state index contributed by atoms with van der Waals surface area (Å²) in [6, 6.07) is 6.21. The van der Waals surface area contributed by atoms with E-state index in [1.807, 2.05) is 0 Å². The van der Waals surface area contributed by atoms with Crippen molar-refractivity contribution in [2.45, 2.75) is 17.3 Å². The topological polar surface area (TPSA) is 66.1 Å². The van der Waals surface area contributed by atoms with E-state index in [2.05, 4.69) is 4.98 Å². The van der Waals surface area contributed by atoms with E-state index in [-0.39, 0.29) is 5.82 Å². The molecule has 0 N–H and O–H groups in total. The second-order valence-corrected chi connectivity index (χ2v) is 6.85. The lowest BCUT2D eigenvalue weighted by Crippen LogP contribution is -2.37. The molecule has 0 spiro atoms. The van der Waals surface area contributed by atoms with Gasteiger partial charge >= 0.3 is 5.69 Å². The van der Waals surface area contributed by atoms with Crippen LogP contribution in [0, 0.1) is 5.82 Å². The highest BCUT2D eigenvalue weighted by atomic mass is 32.2. The van der Waals surface area contributed by atoms with Gasteiger partial charge in [-0.05, 0) is 17.7 Å². The molecule has 26 heavy (non-hydrogen) atoms. The normalized spacial score (nSPS) is 11.2. The van der Waals surface area contributed by atoms with Crippen LogP contribution in [0.15, 0.2) is 44.9 Å². The molecule has 2 heterocycles. The van der Waals surface area contributed by atoms with Crippen molar-refractivity contribution in [3.8, 4) is 0 Å². The standard InChI is InChI=1S/C18H18FN3O3S/c1-21-16-14(17(23)22(2)18(21)24)15(12(8-20-16)9-25-3)26-10-11-4-6-13(19)7-5-11/h4-8H,9-10H2,1-3H3. The number of methoxy groups -OCH3 is 1. The molecule has 0 fully saturated rings. The SMILES string of the molecule is COCc1cnc2c(c1SCc1ccc(F)cc1)c(=O)n(C)c(=O)n2C. The molecule has 3 rings (SSSR count). The van der Waals surface area contributed by atoms with Gasteiger partial charge in [-0.15, -0.1) is 11.8 Å². The average Bonchev–Trinajstić information content (AvgIpc) is 2.64. The van der Waals surface area contributed by atoms with Crippen molar-refractivity contribution >= 4 is 22.8 Å². The van der Waals surface area contributed by atoms with Crippen LogP contribution in [0.1, 0.15) is 11.1 Å². The summed E-state index contributed by atoms with van der Waals surface area (Å²) in [4.78, 5) is 29.9. The number of ether oxygens (including phenoxy) is 1. The molecule has 0 saturated heterocycles. The van der Waals surface area contributed by atoms with Crippen LogP contribution in [0.3, 0.4) is 0 Å². The van der Waals surface area contributed by atoms with E-state index in [1.165, 1.54) is 35.5 Å². The fourth-order valence-corrected chi connectivity index (χ4v) is 3.82. The highest BCUT2D eigenvalue weighted by molar-refractivity contribution is 7.98. The Morgan fingerprint density at radius 3 is 2.50 bits per heavy atom. The van der Waals surface area contributed by atoms with Gasteiger partial charge in [-0.2, -0.15) is 0 Å². The molecule has 3 aromatic rings. The Bertz CT molecular complexity index is 1070. The Labute approximate surface area is 153 Å². The van der Waals surface area contributed by atoms with E-state index in [0.717, 1.165) is 20.6 Å². The van der Waals surface area contributed by atoms with Crippen molar-refractivity contribution < 1.29 is 9.13 Å². The minimum absolute atomic E-state index is 0.292. The number of halogens is 1. The smallest absolute Gasteiger partial charge is 0.332 e. The molecule has 0 bridgehead atoms. The van der Waals surface area contributed by atoms with Crippen LogP contribution in [-0.2, 0) is 31.2 Å². The largest absolute Gasteiger partial charge is 0.380 e. The Hall–Kier alpha value is -2.45. The van der Waals surface area contributed by atoms with Crippen molar-refractivity contribution in [2.24, 2.45) is 14.1 Å². The summed E-state index contributed by atoms with van der Waals surface area (Å²) in [5.41, 5.74) is 1.20. The number of hydrogen-bond donors (Lipinski definition) is 0. The third-order valence-electron chi connectivity index (χ3n) is 4.09. The summed E-state index contributed by atoms with van der Waals surface area (Å²) in [5, 5.41) is 0.385. The zero-order chi connectivity index (χ0) is 18.8. The predicted octanol–water partition coefficient (Wildman–Crippen LogP) is 2.21. The lowest BCUT2D eigenvalue weighted by molar-refractivity contribution is 0.183. The van der Waals surface area contributed by atoms with E-state index in [1.54, 1.807) is 32.5 Å². The lowest BCUT2D eigenvalue weighted by Gasteiger charge is -2.14. The minimum atomic E-state index is -0.427. The molecular formula is C18H18FN3O3S. The van der Waals surface area contributed by atoms with Gasteiger partial charge in [0.1, 0.15) is 11.5 Å². The number of hydrogen-bond acceptors (Lipinski definition) is 5. The van der Waals surface area contributed by atoms with Gasteiger partial charge in [0.2, 0.25) is 0 Å². The Morgan fingerprint density at radius 2 is 1.85 bits per heavy atom. The highest BCUT2D eigenvalue weighted by Crippen LogP contribution is 2.31. The number of pyridine rings is 1. The fraction of sp³-hybridized carbons (Fsp3) is 0.278. The van der Waals surface area contributed by atoms with Gasteiger partial charge in [-0.3, -0.25) is 13.9 Å². The summed E-state index contributed by atoms with van der Waals surface area (Å²) in [6.07, 6.45) is 1.62. The van der Waals surface area contributed by atoms with Crippen LogP contribution in [0.25, 0.3) is 11.0 Å². The van der Waals surface area contributed by atoms with Crippen LogP contribution in [0.4, 0.5) is 4.39 Å². The molecule has 0 unspecified atom stereocenters. The summed E-state index contributed by atoms with van der Waals surface area (Å²) in [6.45, 7) is 0.292. The molecule has 0 saturated carbocycles. The maximum Gasteiger partial charge on any atom is 0.332 e. The number of aryl methyl sites for hydroxylation is 1. The molecule has 0 aliphatic rings. The van der Waals surface area contributed by atoms with Crippen LogP contribution in [-0.4, -0.2) is 21.2 Å². The monoisotopic (exact) mass is 375 g/mol. The second kappa shape index (κ2) is 7.43. The molecule has 6 nitrogen and oxygen atoms in total. The maximum atomic E-state index is 13.1. The molecule has 2 aromatic heterocycles. The van der Waals surface area contributed by atoms with Crippen molar-refractivity contribution in [2.75, 3.05) is 7.11 Å². The molecular weight excluding hydrogens is 357 g/mol. The molecule has 136 valence electrons. The van der Waals surface area contributed by atoms with E-state index < -0.39 is 11.2 Å². The van der Waals surface area contributed by atoms with Crippen molar-refractivity contribution in [3.05, 3.63) is 68.2 Å². The Morgan fingerprint density at radius 1 is 1.15 bits per heavy atom. The second-order valence-electron chi connectivity index (χ2n) is 5.87. The first kappa shape index (κ1) is 18.3. The molecule has 0 radical (unpaired) electrons. The molecule has 1 aromatic carbocycles. The van der Waals surface area contributed by atoms with Crippen LogP contribution >= 0.6 is 11.8 Å². The molecule has 0 atom stereocenters. The van der Waals surface area contributed by atoms with E-state index >= 15 is 0 Å². The number of aromatic nitrogens is 3. The van der Waals surface area contributed by atoms with Gasteiger partial charge in [0.15, 0.2) is 0 Å². The third-order valence-corrected chi connectivity index (χ3v) is 5.32. The number of fused-ring (bicyclic) bond motifs is 1. The lowest BCUT2D eigenvalue weighted by atomic mass is 10.2. The third kappa shape index (κ3) is 3.30. The van der Waals surface area contributed by atoms with E-state index in [4.69, 9.17) is 4.74 Å². The number of benzene rings is 1. The zero-order valence-electron chi connectivity index (χ0n) is 14.7. The predicted molar refractivity (Wildman–Crippen MR) is 98.9 cm³/mol. The molecule has 0 amide bonds. The molecule has 0 aliphatic carbocycles. The van der Waals surface area contributed by atoms with Crippen LogP contribution < -0.4 is 11.2 Å². The first-order valence-electron chi connectivity index (χ1n) is 7.87. The van der Waals surface area contributed by atoms with Gasteiger partial charge < -0.3 is 4.74 Å². The fourth-order valence-electron chi connectivity index (χ4n) is 2.70. The minimum Gasteiger partial charge on any atom is -0.380 e. The number of rotatable bonds is 5. The summed E-state index contributed by atoms with van der Waals surface area (Å²) < 4.78 is 20.8. The average molecular weight is 375 g/mol. The Balaban J connectivity index is 2.16. The van der Waals surface area contributed by atoms with Gasteiger partial charge in [0.05, 0.1) is 12.0 Å². The number of thioether (sulfide) groups is 1. The molecule has 0 aliphatic heterocycles. The molecule has 8 heteroatoms. The van der Waals surface area contributed by atoms with E-state index in [0.29, 0.717) is 23.4 Å². The van der Waals surface area contributed by atoms with Gasteiger partial charge in [0, 0.05) is 43.6 Å². The first-order chi connectivity index (χ1) is 12.4. The van der Waals surface area contributed by atoms with Gasteiger partial charge in [-0.25, -0.2) is 14.2 Å². The van der Waals surface area contributed by atoms with E-state index in [9.17, 15) is 14.0 Å². The van der Waals surface area contributed by atoms with Crippen molar-refractivity contribution in [3.63, 3.8) is 0 Å². The van der Waals surface area contributed by atoms with Crippen LogP contribution in [0.5, 0.6) is 0 Å². The van der Waals surface area contributed by atoms with Crippen molar-refractivity contribution in [1.82, 2.24) is 14.1 Å². The summed E-state index contributed by atoms with van der Waals surface area (Å²) in [7, 11) is 4.60. The quantitative estimate of drug-likeness (QED) is 0.640. The van der Waals surface area contributed by atoms with Gasteiger partial charge in [-0.1, -0.05) is 12.1 Å².